The maximum absolute atomic E-state index is 13.2. The van der Waals surface area contributed by atoms with E-state index in [1.165, 1.54) is 0 Å². The number of amides is 1. The number of carbonyl (C=O) groups is 1. The third kappa shape index (κ3) is 3.51. The number of likely N-dealkylation sites (tertiary alicyclic amines) is 1. The van der Waals surface area contributed by atoms with Gasteiger partial charge < -0.3 is 15.1 Å². The van der Waals surface area contributed by atoms with Gasteiger partial charge in [0.15, 0.2) is 0 Å². The van der Waals surface area contributed by atoms with Gasteiger partial charge in [0.05, 0.1) is 12.1 Å². The quantitative estimate of drug-likeness (QED) is 0.603. The second kappa shape index (κ2) is 7.95. The zero-order chi connectivity index (χ0) is 20.7. The van der Waals surface area contributed by atoms with Crippen LogP contribution in [0.4, 0.5) is 0 Å². The molecule has 4 unspecified atom stereocenters. The monoisotopic (exact) mass is 415 g/mol. The average molecular weight is 416 g/mol. The Labute approximate surface area is 175 Å². The number of hydrazine groups is 1. The number of aliphatic hydroxyl groups is 1. The molecule has 2 aromatic carbocycles. The molecule has 2 aromatic rings. The summed E-state index contributed by atoms with van der Waals surface area (Å²) in [6, 6.07) is 10.8. The predicted molar refractivity (Wildman–Crippen MR) is 111 cm³/mol. The van der Waals surface area contributed by atoms with E-state index in [0.717, 1.165) is 16.7 Å². The van der Waals surface area contributed by atoms with E-state index in [0.29, 0.717) is 23.6 Å². The molecule has 154 valence electrons. The molecule has 0 bridgehead atoms. The summed E-state index contributed by atoms with van der Waals surface area (Å²) in [4.78, 5) is 15.0. The van der Waals surface area contributed by atoms with Crippen molar-refractivity contribution in [3.63, 3.8) is 0 Å². The normalized spacial score (nSPS) is 26.2. The fraction of sp³-hybridized carbons (Fsp3) is 0.409. The van der Waals surface area contributed by atoms with Crippen LogP contribution in [0.5, 0.6) is 5.75 Å². The molecule has 6 nitrogen and oxygen atoms in total. The first-order chi connectivity index (χ1) is 13.9. The van der Waals surface area contributed by atoms with Crippen LogP contribution >= 0.6 is 11.6 Å². The van der Waals surface area contributed by atoms with Crippen LogP contribution in [-0.2, 0) is 4.79 Å². The lowest BCUT2D eigenvalue weighted by molar-refractivity contribution is -0.130. The fourth-order valence-corrected chi connectivity index (χ4v) is 4.72. The van der Waals surface area contributed by atoms with Crippen LogP contribution in [0.2, 0.25) is 5.02 Å². The predicted octanol–water partition coefficient (Wildman–Crippen LogP) is 2.76. The third-order valence-electron chi connectivity index (χ3n) is 6.03. The van der Waals surface area contributed by atoms with Gasteiger partial charge >= 0.3 is 0 Å². The van der Waals surface area contributed by atoms with Gasteiger partial charge in [0, 0.05) is 29.7 Å². The fourth-order valence-electron chi connectivity index (χ4n) is 4.55. The van der Waals surface area contributed by atoms with Gasteiger partial charge in [-0.3, -0.25) is 4.79 Å². The molecule has 2 aliphatic rings. The molecule has 2 heterocycles. The van der Waals surface area contributed by atoms with Crippen molar-refractivity contribution >= 4 is 17.5 Å². The Balaban J connectivity index is 1.77. The van der Waals surface area contributed by atoms with E-state index >= 15 is 0 Å². The molecular formula is C22H26ClN3O3. The summed E-state index contributed by atoms with van der Waals surface area (Å²) in [5, 5.41) is 20.5. The molecule has 2 fully saturated rings. The Morgan fingerprint density at radius 1 is 1.10 bits per heavy atom. The van der Waals surface area contributed by atoms with Crippen LogP contribution in [-0.4, -0.2) is 40.2 Å². The molecule has 29 heavy (non-hydrogen) atoms. The number of phenolic OH excluding ortho intramolecular Hbond substituents is 1. The molecule has 1 amide bonds. The number of aryl methyl sites for hydroxylation is 2. The maximum Gasteiger partial charge on any atom is 0.242 e. The van der Waals surface area contributed by atoms with Crippen molar-refractivity contribution in [1.29, 1.82) is 0 Å². The van der Waals surface area contributed by atoms with E-state index in [4.69, 9.17) is 11.6 Å². The van der Waals surface area contributed by atoms with Gasteiger partial charge in [0.25, 0.3) is 0 Å². The second-order valence-corrected chi connectivity index (χ2v) is 8.35. The van der Waals surface area contributed by atoms with Gasteiger partial charge in [-0.2, -0.15) is 0 Å². The van der Waals surface area contributed by atoms with Crippen LogP contribution in [0.1, 0.15) is 40.8 Å². The van der Waals surface area contributed by atoms with Crippen LogP contribution in [0.25, 0.3) is 0 Å². The summed E-state index contributed by atoms with van der Waals surface area (Å²) >= 11 is 6.34. The molecule has 0 aliphatic carbocycles. The number of carbonyl (C=O) groups excluding carboxylic acids is 1. The number of fused-ring (bicyclic) bond motifs is 1. The van der Waals surface area contributed by atoms with Crippen LogP contribution in [0.3, 0.4) is 0 Å². The first-order valence-corrected chi connectivity index (χ1v) is 10.3. The standard InChI is InChI=1S/C22H26ClN3O3/c1-12-4-6-14(7-5-12)21-18-19(15-11-16(23)13(2)10-17(15)28)24-25-20(18)22(29)26(21)8-3-9-27/h4-7,10-11,18-21,24-25,27-28H,3,8-9H2,1-2H3. The number of nitrogens with zero attached hydrogens (tertiary/aromatic N) is 1. The van der Waals surface area contributed by atoms with Crippen molar-refractivity contribution in [2.75, 3.05) is 13.2 Å². The number of phenols is 1. The van der Waals surface area contributed by atoms with Crippen LogP contribution < -0.4 is 10.9 Å². The molecule has 4 N–H and O–H groups in total. The lowest BCUT2D eigenvalue weighted by Crippen LogP contribution is -2.41. The van der Waals surface area contributed by atoms with Crippen molar-refractivity contribution in [3.8, 4) is 5.75 Å². The van der Waals surface area contributed by atoms with Crippen LogP contribution in [0.15, 0.2) is 36.4 Å². The highest BCUT2D eigenvalue weighted by Gasteiger charge is 2.55. The van der Waals surface area contributed by atoms with Crippen molar-refractivity contribution in [2.45, 2.75) is 38.4 Å². The van der Waals surface area contributed by atoms with E-state index in [1.807, 2.05) is 30.9 Å². The summed E-state index contributed by atoms with van der Waals surface area (Å²) in [6.45, 7) is 4.39. The molecule has 0 spiro atoms. The van der Waals surface area contributed by atoms with Crippen molar-refractivity contribution in [2.24, 2.45) is 5.92 Å². The van der Waals surface area contributed by atoms with Crippen LogP contribution in [0, 0.1) is 19.8 Å². The molecule has 0 aromatic heterocycles. The van der Waals surface area contributed by atoms with Crippen molar-refractivity contribution in [3.05, 3.63) is 63.7 Å². The Hall–Kier alpha value is -2.12. The number of benzene rings is 2. The lowest BCUT2D eigenvalue weighted by atomic mass is 9.83. The molecule has 0 radical (unpaired) electrons. The van der Waals surface area contributed by atoms with Gasteiger partial charge in [0.1, 0.15) is 11.8 Å². The third-order valence-corrected chi connectivity index (χ3v) is 6.44. The van der Waals surface area contributed by atoms with E-state index < -0.39 is 6.04 Å². The van der Waals surface area contributed by atoms with E-state index in [-0.39, 0.29) is 36.3 Å². The average Bonchev–Trinajstić information content (AvgIpc) is 3.23. The first-order valence-electron chi connectivity index (χ1n) is 9.90. The Morgan fingerprint density at radius 2 is 1.79 bits per heavy atom. The molecule has 7 heteroatoms. The minimum Gasteiger partial charge on any atom is -0.508 e. The second-order valence-electron chi connectivity index (χ2n) is 7.95. The SMILES string of the molecule is Cc1ccc(C2C3C(NNC3c3cc(Cl)c(C)cc3O)C(=O)N2CCCO)cc1. The highest BCUT2D eigenvalue weighted by molar-refractivity contribution is 6.31. The molecular weight excluding hydrogens is 390 g/mol. The summed E-state index contributed by atoms with van der Waals surface area (Å²) in [7, 11) is 0. The van der Waals surface area contributed by atoms with Gasteiger partial charge in [0.2, 0.25) is 5.91 Å². The lowest BCUT2D eigenvalue weighted by Gasteiger charge is -2.31. The molecule has 2 saturated heterocycles. The minimum absolute atomic E-state index is 0.00160. The maximum atomic E-state index is 13.2. The summed E-state index contributed by atoms with van der Waals surface area (Å²) < 4.78 is 0. The molecule has 2 aliphatic heterocycles. The largest absolute Gasteiger partial charge is 0.508 e. The minimum atomic E-state index is -0.413. The van der Waals surface area contributed by atoms with Gasteiger partial charge in [-0.05, 0) is 43.5 Å². The summed E-state index contributed by atoms with van der Waals surface area (Å²) in [5.74, 6) is 0.0334. The number of halogens is 1. The molecule has 0 saturated carbocycles. The summed E-state index contributed by atoms with van der Waals surface area (Å²) in [6.07, 6.45) is 0.521. The number of hydrogen-bond acceptors (Lipinski definition) is 5. The van der Waals surface area contributed by atoms with Crippen molar-refractivity contribution in [1.82, 2.24) is 15.8 Å². The number of hydrogen-bond donors (Lipinski definition) is 4. The number of rotatable bonds is 5. The highest BCUT2D eigenvalue weighted by Crippen LogP contribution is 2.49. The van der Waals surface area contributed by atoms with Gasteiger partial charge in [-0.15, -0.1) is 0 Å². The number of aromatic hydroxyl groups is 1. The van der Waals surface area contributed by atoms with Gasteiger partial charge in [-0.1, -0.05) is 41.4 Å². The zero-order valence-electron chi connectivity index (χ0n) is 16.5. The highest BCUT2D eigenvalue weighted by atomic mass is 35.5. The Kier molecular flexibility index (Phi) is 5.53. The van der Waals surface area contributed by atoms with E-state index in [2.05, 4.69) is 23.0 Å². The number of aliphatic hydroxyl groups excluding tert-OH is 1. The van der Waals surface area contributed by atoms with E-state index in [1.54, 1.807) is 12.1 Å². The first kappa shape index (κ1) is 20.2. The molecule has 4 rings (SSSR count). The van der Waals surface area contributed by atoms with Crippen molar-refractivity contribution < 1.29 is 15.0 Å². The smallest absolute Gasteiger partial charge is 0.242 e. The topological polar surface area (TPSA) is 84.8 Å². The Bertz CT molecular complexity index is 918. The van der Waals surface area contributed by atoms with E-state index in [9.17, 15) is 15.0 Å². The Morgan fingerprint density at radius 3 is 2.48 bits per heavy atom. The molecule has 4 atom stereocenters. The zero-order valence-corrected chi connectivity index (χ0v) is 17.3. The van der Waals surface area contributed by atoms with Gasteiger partial charge in [-0.25, -0.2) is 10.9 Å². The number of nitrogens with one attached hydrogen (secondary N) is 2. The summed E-state index contributed by atoms with van der Waals surface area (Å²) in [5.41, 5.74) is 10.0.